The summed E-state index contributed by atoms with van der Waals surface area (Å²) in [6.07, 6.45) is 5.97. The normalized spacial score (nSPS) is 22.3. The van der Waals surface area contributed by atoms with Crippen molar-refractivity contribution in [2.75, 3.05) is 19.7 Å². The summed E-state index contributed by atoms with van der Waals surface area (Å²) >= 11 is 6.18. The number of hydrogen-bond donors (Lipinski definition) is 1. The van der Waals surface area contributed by atoms with Crippen LogP contribution in [0.15, 0.2) is 0 Å². The Morgan fingerprint density at radius 2 is 2.19 bits per heavy atom. The molecule has 5 nitrogen and oxygen atoms in total. The molecule has 0 bridgehead atoms. The molecule has 1 aromatic rings. The summed E-state index contributed by atoms with van der Waals surface area (Å²) in [5.41, 5.74) is 1.08. The van der Waals surface area contributed by atoms with E-state index < -0.39 is 0 Å². The van der Waals surface area contributed by atoms with Gasteiger partial charge in [0.25, 0.3) is 5.91 Å². The number of amides is 1. The minimum atomic E-state index is -0.0771. The van der Waals surface area contributed by atoms with E-state index in [9.17, 15) is 4.79 Å². The zero-order valence-electron chi connectivity index (χ0n) is 12.4. The lowest BCUT2D eigenvalue weighted by Gasteiger charge is -2.33. The Bertz CT molecular complexity index is 507. The van der Waals surface area contributed by atoms with Crippen LogP contribution >= 0.6 is 11.6 Å². The van der Waals surface area contributed by atoms with Crippen LogP contribution in [0.2, 0.25) is 5.02 Å². The fourth-order valence-corrected chi connectivity index (χ4v) is 3.13. The van der Waals surface area contributed by atoms with Crippen LogP contribution in [0.4, 0.5) is 0 Å². The van der Waals surface area contributed by atoms with Gasteiger partial charge in [0.15, 0.2) is 5.69 Å². The zero-order chi connectivity index (χ0) is 14.8. The summed E-state index contributed by atoms with van der Waals surface area (Å²) in [5, 5.41) is 7.30. The third kappa shape index (κ3) is 3.24. The molecule has 116 valence electrons. The van der Waals surface area contributed by atoms with Gasteiger partial charge in [-0.1, -0.05) is 18.0 Å². The van der Waals surface area contributed by atoms with Gasteiger partial charge in [-0.05, 0) is 38.5 Å². The van der Waals surface area contributed by atoms with E-state index in [-0.39, 0.29) is 12.0 Å². The fourth-order valence-electron chi connectivity index (χ4n) is 2.97. The van der Waals surface area contributed by atoms with Crippen LogP contribution in [0, 0.1) is 12.8 Å². The summed E-state index contributed by atoms with van der Waals surface area (Å²) in [7, 11) is 0. The lowest BCUT2D eigenvalue weighted by atomic mass is 9.85. The summed E-state index contributed by atoms with van der Waals surface area (Å²) in [6, 6.07) is 0. The molecule has 0 spiro atoms. The predicted molar refractivity (Wildman–Crippen MR) is 80.6 cm³/mol. The van der Waals surface area contributed by atoms with Crippen LogP contribution in [-0.4, -0.2) is 46.8 Å². The van der Waals surface area contributed by atoms with Gasteiger partial charge in [-0.3, -0.25) is 9.89 Å². The topological polar surface area (TPSA) is 58.2 Å². The number of nitrogens with one attached hydrogen (secondary N) is 1. The highest BCUT2D eigenvalue weighted by Gasteiger charge is 2.30. The average Bonchev–Trinajstić information content (AvgIpc) is 3.03. The predicted octanol–water partition coefficient (Wildman–Crippen LogP) is 2.79. The van der Waals surface area contributed by atoms with E-state index in [4.69, 9.17) is 16.3 Å². The molecule has 0 unspecified atom stereocenters. The second kappa shape index (κ2) is 6.36. The molecule has 1 aromatic heterocycles. The number of halogens is 1. The summed E-state index contributed by atoms with van der Waals surface area (Å²) < 4.78 is 5.68. The first-order chi connectivity index (χ1) is 10.1. The number of carbonyl (C=O) groups excluding carboxylic acids is 1. The number of rotatable bonds is 5. The molecule has 1 atom stereocenters. The van der Waals surface area contributed by atoms with Gasteiger partial charge in [-0.25, -0.2) is 0 Å². The standard InChI is InChI=1S/C15H22ClN3O2/c1-10-13(16)14(18-17-10)15(20)19(8-11-4-2-5-11)9-12-6-3-7-21-12/h11-12H,2-9H2,1H3,(H,17,18)/t12-/m0/s1. The van der Waals surface area contributed by atoms with Crippen molar-refractivity contribution in [3.05, 3.63) is 16.4 Å². The molecule has 3 rings (SSSR count). The SMILES string of the molecule is Cc1[nH]nc(C(=O)N(CC2CCC2)C[C@@H]2CCCO2)c1Cl. The smallest absolute Gasteiger partial charge is 0.276 e. The van der Waals surface area contributed by atoms with Crippen LogP contribution in [0.5, 0.6) is 0 Å². The average molecular weight is 312 g/mol. The minimum absolute atomic E-state index is 0.0771. The third-order valence-electron chi connectivity index (χ3n) is 4.51. The number of aromatic nitrogens is 2. The molecule has 1 aliphatic carbocycles. The summed E-state index contributed by atoms with van der Waals surface area (Å²) in [4.78, 5) is 14.6. The van der Waals surface area contributed by atoms with Crippen molar-refractivity contribution in [2.45, 2.75) is 45.1 Å². The molecule has 1 aliphatic heterocycles. The van der Waals surface area contributed by atoms with Gasteiger partial charge < -0.3 is 9.64 Å². The van der Waals surface area contributed by atoms with E-state index in [1.54, 1.807) is 0 Å². The number of aryl methyl sites for hydroxylation is 1. The highest BCUT2D eigenvalue weighted by atomic mass is 35.5. The largest absolute Gasteiger partial charge is 0.376 e. The molecular weight excluding hydrogens is 290 g/mol. The van der Waals surface area contributed by atoms with Crippen molar-refractivity contribution in [2.24, 2.45) is 5.92 Å². The first-order valence-electron chi connectivity index (χ1n) is 7.76. The van der Waals surface area contributed by atoms with Crippen LogP contribution in [0.25, 0.3) is 0 Å². The third-order valence-corrected chi connectivity index (χ3v) is 4.98. The van der Waals surface area contributed by atoms with E-state index in [1.165, 1.54) is 19.3 Å². The van der Waals surface area contributed by atoms with E-state index >= 15 is 0 Å². The van der Waals surface area contributed by atoms with Crippen molar-refractivity contribution < 1.29 is 9.53 Å². The molecule has 1 amide bonds. The summed E-state index contributed by atoms with van der Waals surface area (Å²) in [6.45, 7) is 4.07. The molecule has 6 heteroatoms. The Morgan fingerprint density at radius 1 is 1.38 bits per heavy atom. The highest BCUT2D eigenvalue weighted by Crippen LogP contribution is 2.29. The molecule has 21 heavy (non-hydrogen) atoms. The van der Waals surface area contributed by atoms with Crippen LogP contribution in [0.3, 0.4) is 0 Å². The summed E-state index contributed by atoms with van der Waals surface area (Å²) in [5.74, 6) is 0.543. The molecular formula is C15H22ClN3O2. The molecule has 1 saturated heterocycles. The number of H-pyrrole nitrogens is 1. The van der Waals surface area contributed by atoms with Gasteiger partial charge >= 0.3 is 0 Å². The van der Waals surface area contributed by atoms with Crippen LogP contribution in [0.1, 0.15) is 48.3 Å². The molecule has 2 fully saturated rings. The van der Waals surface area contributed by atoms with Gasteiger partial charge in [-0.2, -0.15) is 5.10 Å². The zero-order valence-corrected chi connectivity index (χ0v) is 13.2. The molecule has 1 N–H and O–H groups in total. The van der Waals surface area contributed by atoms with Gasteiger partial charge in [0.1, 0.15) is 0 Å². The van der Waals surface area contributed by atoms with Gasteiger partial charge in [-0.15, -0.1) is 0 Å². The van der Waals surface area contributed by atoms with Crippen LogP contribution in [-0.2, 0) is 4.74 Å². The van der Waals surface area contributed by atoms with Crippen LogP contribution < -0.4 is 0 Å². The van der Waals surface area contributed by atoms with Gasteiger partial charge in [0.2, 0.25) is 0 Å². The van der Waals surface area contributed by atoms with Crippen molar-refractivity contribution in [3.63, 3.8) is 0 Å². The maximum atomic E-state index is 12.7. The Labute approximate surface area is 130 Å². The van der Waals surface area contributed by atoms with Crippen molar-refractivity contribution in [1.29, 1.82) is 0 Å². The first kappa shape index (κ1) is 14.9. The lowest BCUT2D eigenvalue weighted by molar-refractivity contribution is 0.0443. The first-order valence-corrected chi connectivity index (χ1v) is 8.14. The van der Waals surface area contributed by atoms with Crippen molar-refractivity contribution in [3.8, 4) is 0 Å². The maximum absolute atomic E-state index is 12.7. The lowest BCUT2D eigenvalue weighted by Crippen LogP contribution is -2.42. The molecule has 0 radical (unpaired) electrons. The number of carbonyl (C=O) groups is 1. The second-order valence-electron chi connectivity index (χ2n) is 6.15. The number of ether oxygens (including phenoxy) is 1. The Morgan fingerprint density at radius 3 is 2.71 bits per heavy atom. The Kier molecular flexibility index (Phi) is 4.50. The Hall–Kier alpha value is -1.07. The van der Waals surface area contributed by atoms with E-state index in [1.807, 2.05) is 11.8 Å². The fraction of sp³-hybridized carbons (Fsp3) is 0.733. The number of nitrogens with zero attached hydrogens (tertiary/aromatic N) is 2. The van der Waals surface area contributed by atoms with Gasteiger partial charge in [0, 0.05) is 19.7 Å². The van der Waals surface area contributed by atoms with Crippen molar-refractivity contribution >= 4 is 17.5 Å². The van der Waals surface area contributed by atoms with Crippen molar-refractivity contribution in [1.82, 2.24) is 15.1 Å². The highest BCUT2D eigenvalue weighted by molar-refractivity contribution is 6.34. The maximum Gasteiger partial charge on any atom is 0.276 e. The molecule has 1 saturated carbocycles. The van der Waals surface area contributed by atoms with E-state index in [0.29, 0.717) is 23.2 Å². The second-order valence-corrected chi connectivity index (χ2v) is 6.53. The monoisotopic (exact) mass is 311 g/mol. The quantitative estimate of drug-likeness (QED) is 0.909. The van der Waals surface area contributed by atoms with Gasteiger partial charge in [0.05, 0.1) is 16.8 Å². The minimum Gasteiger partial charge on any atom is -0.376 e. The van der Waals surface area contributed by atoms with E-state index in [2.05, 4.69) is 10.2 Å². The molecule has 0 aromatic carbocycles. The molecule has 2 aliphatic rings. The number of hydrogen-bond acceptors (Lipinski definition) is 3. The Balaban J connectivity index is 1.72. The van der Waals surface area contributed by atoms with E-state index in [0.717, 1.165) is 31.7 Å². The molecule has 2 heterocycles. The number of aromatic amines is 1.